The Kier molecular flexibility index (Phi) is 4.43. The molecular formula is C11H18N2O. The molecule has 0 amide bonds. The van der Waals surface area contributed by atoms with Gasteiger partial charge >= 0.3 is 0 Å². The van der Waals surface area contributed by atoms with Crippen LogP contribution in [0.4, 0.5) is 0 Å². The SMILES string of the molecule is Cc1cccc(C)c1OCCCNN. The smallest absolute Gasteiger partial charge is 0.125 e. The van der Waals surface area contributed by atoms with Gasteiger partial charge in [-0.05, 0) is 31.4 Å². The molecule has 14 heavy (non-hydrogen) atoms. The van der Waals surface area contributed by atoms with Crippen LogP contribution >= 0.6 is 0 Å². The van der Waals surface area contributed by atoms with Gasteiger partial charge in [-0.1, -0.05) is 18.2 Å². The molecule has 3 heteroatoms. The summed E-state index contributed by atoms with van der Waals surface area (Å²) >= 11 is 0. The molecule has 0 aliphatic rings. The molecule has 0 saturated carbocycles. The highest BCUT2D eigenvalue weighted by atomic mass is 16.5. The van der Waals surface area contributed by atoms with Crippen molar-refractivity contribution < 1.29 is 4.74 Å². The molecule has 0 aromatic heterocycles. The summed E-state index contributed by atoms with van der Waals surface area (Å²) in [4.78, 5) is 0. The molecule has 0 aliphatic carbocycles. The second-order valence-corrected chi connectivity index (χ2v) is 3.38. The van der Waals surface area contributed by atoms with Gasteiger partial charge in [0.05, 0.1) is 6.61 Å². The number of para-hydroxylation sites is 1. The number of nitrogens with two attached hydrogens (primary N) is 1. The standard InChI is InChI=1S/C11H18N2O/c1-9-5-3-6-10(2)11(9)14-8-4-7-13-12/h3,5-6,13H,4,7-8,12H2,1-2H3. The van der Waals surface area contributed by atoms with Crippen molar-refractivity contribution in [1.29, 1.82) is 0 Å². The molecule has 3 nitrogen and oxygen atoms in total. The van der Waals surface area contributed by atoms with E-state index in [2.05, 4.69) is 31.4 Å². The quantitative estimate of drug-likeness (QED) is 0.424. The summed E-state index contributed by atoms with van der Waals surface area (Å²) in [5.74, 6) is 6.17. The first-order valence-electron chi connectivity index (χ1n) is 4.88. The monoisotopic (exact) mass is 194 g/mol. The average Bonchev–Trinajstić information content (AvgIpc) is 2.16. The fourth-order valence-electron chi connectivity index (χ4n) is 1.38. The van der Waals surface area contributed by atoms with Gasteiger partial charge in [-0.3, -0.25) is 11.3 Å². The third-order valence-electron chi connectivity index (χ3n) is 2.12. The predicted octanol–water partition coefficient (Wildman–Crippen LogP) is 1.54. The Labute approximate surface area is 85.2 Å². The van der Waals surface area contributed by atoms with Gasteiger partial charge in [0.25, 0.3) is 0 Å². The maximum atomic E-state index is 5.67. The minimum atomic E-state index is 0.704. The molecule has 1 rings (SSSR count). The zero-order valence-electron chi connectivity index (χ0n) is 8.84. The van der Waals surface area contributed by atoms with Crippen LogP contribution in [-0.4, -0.2) is 13.2 Å². The van der Waals surface area contributed by atoms with Crippen molar-refractivity contribution in [2.24, 2.45) is 5.84 Å². The minimum Gasteiger partial charge on any atom is -0.493 e. The Morgan fingerprint density at radius 3 is 2.50 bits per heavy atom. The third-order valence-corrected chi connectivity index (χ3v) is 2.12. The first-order chi connectivity index (χ1) is 6.75. The summed E-state index contributed by atoms with van der Waals surface area (Å²) in [5, 5.41) is 0. The van der Waals surface area contributed by atoms with E-state index in [-0.39, 0.29) is 0 Å². The zero-order chi connectivity index (χ0) is 10.4. The summed E-state index contributed by atoms with van der Waals surface area (Å²) in [7, 11) is 0. The van der Waals surface area contributed by atoms with E-state index in [9.17, 15) is 0 Å². The number of hydrogen-bond donors (Lipinski definition) is 2. The van der Waals surface area contributed by atoms with Crippen molar-refractivity contribution in [1.82, 2.24) is 5.43 Å². The lowest BCUT2D eigenvalue weighted by molar-refractivity contribution is 0.304. The van der Waals surface area contributed by atoms with Crippen molar-refractivity contribution in [3.05, 3.63) is 29.3 Å². The molecule has 0 heterocycles. The van der Waals surface area contributed by atoms with Gasteiger partial charge < -0.3 is 4.74 Å². The molecule has 1 aromatic carbocycles. The lowest BCUT2D eigenvalue weighted by atomic mass is 10.1. The van der Waals surface area contributed by atoms with Crippen molar-refractivity contribution in [2.45, 2.75) is 20.3 Å². The molecular weight excluding hydrogens is 176 g/mol. The van der Waals surface area contributed by atoms with Crippen LogP contribution in [0.2, 0.25) is 0 Å². The van der Waals surface area contributed by atoms with Crippen molar-refractivity contribution >= 4 is 0 Å². The van der Waals surface area contributed by atoms with Crippen LogP contribution in [0, 0.1) is 13.8 Å². The highest BCUT2D eigenvalue weighted by Gasteiger charge is 2.01. The van der Waals surface area contributed by atoms with Crippen LogP contribution in [0.1, 0.15) is 17.5 Å². The fourth-order valence-corrected chi connectivity index (χ4v) is 1.38. The van der Waals surface area contributed by atoms with Gasteiger partial charge in [0.2, 0.25) is 0 Å². The Morgan fingerprint density at radius 1 is 1.29 bits per heavy atom. The lowest BCUT2D eigenvalue weighted by Crippen LogP contribution is -2.24. The predicted molar refractivity (Wildman–Crippen MR) is 58.2 cm³/mol. The first kappa shape index (κ1) is 11.0. The number of hydrogen-bond acceptors (Lipinski definition) is 3. The van der Waals surface area contributed by atoms with E-state index >= 15 is 0 Å². The van der Waals surface area contributed by atoms with Gasteiger partial charge in [-0.25, -0.2) is 0 Å². The Morgan fingerprint density at radius 2 is 1.93 bits per heavy atom. The number of rotatable bonds is 5. The molecule has 0 radical (unpaired) electrons. The van der Waals surface area contributed by atoms with Crippen molar-refractivity contribution in [3.8, 4) is 5.75 Å². The van der Waals surface area contributed by atoms with Crippen LogP contribution < -0.4 is 16.0 Å². The number of nitrogens with one attached hydrogen (secondary N) is 1. The number of benzene rings is 1. The summed E-state index contributed by atoms with van der Waals surface area (Å²) in [6.45, 7) is 5.61. The van der Waals surface area contributed by atoms with E-state index in [0.29, 0.717) is 6.61 Å². The van der Waals surface area contributed by atoms with E-state index < -0.39 is 0 Å². The number of ether oxygens (including phenoxy) is 1. The second kappa shape index (κ2) is 5.62. The summed E-state index contributed by atoms with van der Waals surface area (Å²) in [5.41, 5.74) is 4.97. The molecule has 0 saturated heterocycles. The highest BCUT2D eigenvalue weighted by molar-refractivity contribution is 5.39. The Hall–Kier alpha value is -1.06. The number of aryl methyl sites for hydroxylation is 2. The lowest BCUT2D eigenvalue weighted by Gasteiger charge is -2.11. The molecule has 0 spiro atoms. The number of hydrazine groups is 1. The molecule has 0 unspecified atom stereocenters. The van der Waals surface area contributed by atoms with Crippen molar-refractivity contribution in [3.63, 3.8) is 0 Å². The molecule has 1 aromatic rings. The average molecular weight is 194 g/mol. The maximum Gasteiger partial charge on any atom is 0.125 e. The minimum absolute atomic E-state index is 0.704. The molecule has 0 aliphatic heterocycles. The molecule has 78 valence electrons. The van der Waals surface area contributed by atoms with Crippen LogP contribution in [0.25, 0.3) is 0 Å². The first-order valence-corrected chi connectivity index (χ1v) is 4.88. The summed E-state index contributed by atoms with van der Waals surface area (Å²) in [6.07, 6.45) is 0.921. The van der Waals surface area contributed by atoms with Crippen LogP contribution in [0.15, 0.2) is 18.2 Å². The van der Waals surface area contributed by atoms with Gasteiger partial charge in [0.15, 0.2) is 0 Å². The molecule has 0 atom stereocenters. The van der Waals surface area contributed by atoms with Crippen LogP contribution in [0.5, 0.6) is 5.75 Å². The second-order valence-electron chi connectivity index (χ2n) is 3.38. The Bertz CT molecular complexity index is 266. The molecule has 0 bridgehead atoms. The summed E-state index contributed by atoms with van der Waals surface area (Å²) in [6, 6.07) is 6.16. The largest absolute Gasteiger partial charge is 0.493 e. The van der Waals surface area contributed by atoms with Gasteiger partial charge in [-0.15, -0.1) is 0 Å². The Balaban J connectivity index is 2.49. The molecule has 3 N–H and O–H groups in total. The van der Waals surface area contributed by atoms with Crippen LogP contribution in [-0.2, 0) is 0 Å². The fraction of sp³-hybridized carbons (Fsp3) is 0.455. The van der Waals surface area contributed by atoms with E-state index in [1.54, 1.807) is 0 Å². The van der Waals surface area contributed by atoms with Gasteiger partial charge in [0.1, 0.15) is 5.75 Å². The zero-order valence-corrected chi connectivity index (χ0v) is 8.84. The van der Waals surface area contributed by atoms with E-state index in [0.717, 1.165) is 18.7 Å². The van der Waals surface area contributed by atoms with Gasteiger partial charge in [-0.2, -0.15) is 0 Å². The summed E-state index contributed by atoms with van der Waals surface area (Å²) < 4.78 is 5.67. The topological polar surface area (TPSA) is 47.3 Å². The maximum absolute atomic E-state index is 5.67. The van der Waals surface area contributed by atoms with Gasteiger partial charge in [0, 0.05) is 6.54 Å². The normalized spacial score (nSPS) is 10.2. The van der Waals surface area contributed by atoms with E-state index in [1.807, 2.05) is 6.07 Å². The van der Waals surface area contributed by atoms with Crippen LogP contribution in [0.3, 0.4) is 0 Å². The van der Waals surface area contributed by atoms with Crippen molar-refractivity contribution in [2.75, 3.05) is 13.2 Å². The van der Waals surface area contributed by atoms with E-state index in [1.165, 1.54) is 11.1 Å². The van der Waals surface area contributed by atoms with E-state index in [4.69, 9.17) is 10.6 Å². The highest BCUT2D eigenvalue weighted by Crippen LogP contribution is 2.22. The third kappa shape index (κ3) is 3.01. The molecule has 0 fully saturated rings.